The summed E-state index contributed by atoms with van der Waals surface area (Å²) in [4.78, 5) is 2.53. The predicted octanol–water partition coefficient (Wildman–Crippen LogP) is 3.53. The number of fused-ring (bicyclic) bond motifs is 1. The molecule has 1 heterocycles. The molecule has 1 fully saturated rings. The van der Waals surface area contributed by atoms with Crippen molar-refractivity contribution in [2.45, 2.75) is 26.3 Å². The van der Waals surface area contributed by atoms with Gasteiger partial charge in [-0.2, -0.15) is 0 Å². The Bertz CT molecular complexity index is 568. The van der Waals surface area contributed by atoms with Gasteiger partial charge in [0.25, 0.3) is 0 Å². The number of benzene rings is 2. The Morgan fingerprint density at radius 1 is 1.05 bits per heavy atom. The lowest BCUT2D eigenvalue weighted by atomic mass is 9.96. The zero-order valence-corrected chi connectivity index (χ0v) is 11.6. The second-order valence-corrected chi connectivity index (χ2v) is 5.66. The molecule has 0 aromatic heterocycles. The van der Waals surface area contributed by atoms with Gasteiger partial charge in [0.2, 0.25) is 0 Å². The maximum atomic E-state index is 5.85. The first kappa shape index (κ1) is 12.5. The van der Waals surface area contributed by atoms with Gasteiger partial charge in [-0.15, -0.1) is 0 Å². The molecule has 3 rings (SSSR count). The molecule has 2 heteroatoms. The summed E-state index contributed by atoms with van der Waals surface area (Å²) in [6.07, 6.45) is 2.60. The van der Waals surface area contributed by atoms with E-state index >= 15 is 0 Å². The van der Waals surface area contributed by atoms with E-state index in [1.165, 1.54) is 48.0 Å². The first-order valence-electron chi connectivity index (χ1n) is 7.25. The van der Waals surface area contributed by atoms with Gasteiger partial charge in [0.15, 0.2) is 0 Å². The van der Waals surface area contributed by atoms with Gasteiger partial charge in [0, 0.05) is 30.7 Å². The van der Waals surface area contributed by atoms with Gasteiger partial charge in [0.1, 0.15) is 0 Å². The Morgan fingerprint density at radius 3 is 2.42 bits per heavy atom. The number of nitrogens with zero attached hydrogens (tertiary/aromatic N) is 1. The molecule has 0 spiro atoms. The van der Waals surface area contributed by atoms with Gasteiger partial charge < -0.3 is 10.6 Å². The van der Waals surface area contributed by atoms with Crippen molar-refractivity contribution < 1.29 is 0 Å². The highest BCUT2D eigenvalue weighted by Crippen LogP contribution is 2.32. The number of piperidine rings is 1. The van der Waals surface area contributed by atoms with Crippen LogP contribution in [0.3, 0.4) is 0 Å². The number of nitrogens with two attached hydrogens (primary N) is 1. The molecule has 100 valence electrons. The van der Waals surface area contributed by atoms with E-state index in [4.69, 9.17) is 5.73 Å². The number of anilines is 1. The number of rotatable bonds is 2. The van der Waals surface area contributed by atoms with Crippen LogP contribution in [0, 0.1) is 5.92 Å². The molecular weight excluding hydrogens is 232 g/mol. The molecule has 2 aromatic carbocycles. The van der Waals surface area contributed by atoms with E-state index in [2.05, 4.69) is 48.2 Å². The Balaban J connectivity index is 2.04. The van der Waals surface area contributed by atoms with E-state index in [9.17, 15) is 0 Å². The van der Waals surface area contributed by atoms with Crippen LogP contribution < -0.4 is 10.6 Å². The minimum atomic E-state index is 0.609. The average molecular weight is 254 g/mol. The van der Waals surface area contributed by atoms with Crippen molar-refractivity contribution in [2.75, 3.05) is 18.0 Å². The van der Waals surface area contributed by atoms with Crippen LogP contribution in [0.1, 0.15) is 25.3 Å². The maximum Gasteiger partial charge on any atom is 0.0446 e. The standard InChI is InChI=1S/C17H22N2/c1-13-8-10-19(11-9-13)17-7-6-14(12-18)15-4-2-3-5-16(15)17/h2-7,13H,8-12,18H2,1H3. The Morgan fingerprint density at radius 2 is 1.74 bits per heavy atom. The molecule has 0 amide bonds. The summed E-state index contributed by atoms with van der Waals surface area (Å²) in [5.41, 5.74) is 8.46. The third-order valence-corrected chi connectivity index (χ3v) is 4.34. The van der Waals surface area contributed by atoms with Crippen LogP contribution in [0.5, 0.6) is 0 Å². The highest BCUT2D eigenvalue weighted by Gasteiger charge is 2.18. The van der Waals surface area contributed by atoms with Crippen LogP contribution in [0.2, 0.25) is 0 Å². The Kier molecular flexibility index (Phi) is 3.43. The SMILES string of the molecule is CC1CCN(c2ccc(CN)c3ccccc23)CC1. The summed E-state index contributed by atoms with van der Waals surface area (Å²) in [5.74, 6) is 0.867. The zero-order valence-electron chi connectivity index (χ0n) is 11.6. The lowest BCUT2D eigenvalue weighted by Crippen LogP contribution is -2.32. The quantitative estimate of drug-likeness (QED) is 0.888. The molecule has 19 heavy (non-hydrogen) atoms. The van der Waals surface area contributed by atoms with Crippen LogP contribution >= 0.6 is 0 Å². The molecule has 1 aliphatic heterocycles. The van der Waals surface area contributed by atoms with Crippen molar-refractivity contribution >= 4 is 16.5 Å². The molecular formula is C17H22N2. The van der Waals surface area contributed by atoms with Gasteiger partial charge in [-0.1, -0.05) is 37.3 Å². The van der Waals surface area contributed by atoms with E-state index in [0.29, 0.717) is 6.54 Å². The minimum absolute atomic E-state index is 0.609. The van der Waals surface area contributed by atoms with E-state index in [-0.39, 0.29) is 0 Å². The fourth-order valence-corrected chi connectivity index (χ4v) is 3.05. The van der Waals surface area contributed by atoms with Crippen LogP contribution in [0.4, 0.5) is 5.69 Å². The molecule has 0 saturated carbocycles. The van der Waals surface area contributed by atoms with Crippen molar-refractivity contribution in [1.82, 2.24) is 0 Å². The molecule has 2 nitrogen and oxygen atoms in total. The van der Waals surface area contributed by atoms with Gasteiger partial charge in [-0.05, 0) is 35.8 Å². The molecule has 0 aliphatic carbocycles. The van der Waals surface area contributed by atoms with E-state index in [1.807, 2.05) is 0 Å². The van der Waals surface area contributed by atoms with E-state index in [0.717, 1.165) is 5.92 Å². The molecule has 1 saturated heterocycles. The Labute approximate surface area is 115 Å². The fourth-order valence-electron chi connectivity index (χ4n) is 3.05. The molecule has 1 aliphatic rings. The average Bonchev–Trinajstić information content (AvgIpc) is 2.47. The largest absolute Gasteiger partial charge is 0.371 e. The summed E-state index contributed by atoms with van der Waals surface area (Å²) >= 11 is 0. The van der Waals surface area contributed by atoms with Crippen LogP contribution in [0.15, 0.2) is 36.4 Å². The summed E-state index contributed by atoms with van der Waals surface area (Å²) < 4.78 is 0. The molecule has 2 N–H and O–H groups in total. The molecule has 2 aromatic rings. The fraction of sp³-hybridized carbons (Fsp3) is 0.412. The lowest BCUT2D eigenvalue weighted by Gasteiger charge is -2.33. The van der Waals surface area contributed by atoms with Crippen molar-refractivity contribution in [3.05, 3.63) is 42.0 Å². The second-order valence-electron chi connectivity index (χ2n) is 5.66. The van der Waals surface area contributed by atoms with Gasteiger partial charge >= 0.3 is 0 Å². The summed E-state index contributed by atoms with van der Waals surface area (Å²) in [5, 5.41) is 2.65. The molecule has 0 unspecified atom stereocenters. The van der Waals surface area contributed by atoms with Crippen molar-refractivity contribution in [3.8, 4) is 0 Å². The lowest BCUT2D eigenvalue weighted by molar-refractivity contribution is 0.439. The van der Waals surface area contributed by atoms with E-state index in [1.54, 1.807) is 0 Å². The normalized spacial score (nSPS) is 17.1. The maximum absolute atomic E-state index is 5.85. The summed E-state index contributed by atoms with van der Waals surface area (Å²) in [6.45, 7) is 5.31. The first-order chi connectivity index (χ1) is 9.29. The van der Waals surface area contributed by atoms with Crippen molar-refractivity contribution in [2.24, 2.45) is 11.7 Å². The van der Waals surface area contributed by atoms with Crippen molar-refractivity contribution in [1.29, 1.82) is 0 Å². The smallest absolute Gasteiger partial charge is 0.0446 e. The molecule has 0 radical (unpaired) electrons. The molecule has 0 atom stereocenters. The van der Waals surface area contributed by atoms with Crippen LogP contribution in [-0.2, 0) is 6.54 Å². The second kappa shape index (κ2) is 5.22. The number of hydrogen-bond donors (Lipinski definition) is 1. The van der Waals surface area contributed by atoms with E-state index < -0.39 is 0 Å². The first-order valence-corrected chi connectivity index (χ1v) is 7.25. The third-order valence-electron chi connectivity index (χ3n) is 4.34. The highest BCUT2D eigenvalue weighted by atomic mass is 15.1. The van der Waals surface area contributed by atoms with Gasteiger partial charge in [-0.25, -0.2) is 0 Å². The topological polar surface area (TPSA) is 29.3 Å². The third kappa shape index (κ3) is 2.33. The van der Waals surface area contributed by atoms with Crippen LogP contribution in [0.25, 0.3) is 10.8 Å². The minimum Gasteiger partial charge on any atom is -0.371 e. The predicted molar refractivity (Wildman–Crippen MR) is 82.5 cm³/mol. The highest BCUT2D eigenvalue weighted by molar-refractivity contribution is 5.96. The van der Waals surface area contributed by atoms with Crippen LogP contribution in [-0.4, -0.2) is 13.1 Å². The summed E-state index contributed by atoms with van der Waals surface area (Å²) in [7, 11) is 0. The van der Waals surface area contributed by atoms with Gasteiger partial charge in [0.05, 0.1) is 0 Å². The Hall–Kier alpha value is -1.54. The van der Waals surface area contributed by atoms with Gasteiger partial charge in [-0.3, -0.25) is 0 Å². The summed E-state index contributed by atoms with van der Waals surface area (Å²) in [6, 6.07) is 13.1. The molecule has 0 bridgehead atoms. The van der Waals surface area contributed by atoms with Crippen molar-refractivity contribution in [3.63, 3.8) is 0 Å². The monoisotopic (exact) mass is 254 g/mol. The number of hydrogen-bond acceptors (Lipinski definition) is 2. The zero-order chi connectivity index (χ0) is 13.2.